The molecule has 0 spiro atoms. The second-order valence-corrected chi connectivity index (χ2v) is 10.7. The number of carbonyl (C=O) groups is 3. The van der Waals surface area contributed by atoms with E-state index in [1.54, 1.807) is 4.90 Å². The molecule has 0 unspecified atom stereocenters. The standard InChI is InChI=1S/C24H35N3O4S/c1-17-7-9-18(10-8-17)14-27-20(15-32-16-21(27)28)22(29)26-11-5-6-19(13-26)12-25-23(30)31-24(2,3)4/h7-10,19-20H,5-6,11-16H2,1-4H3,(H,25,30)/t19-,20+/m1/s1. The van der Waals surface area contributed by atoms with E-state index in [0.29, 0.717) is 37.7 Å². The highest BCUT2D eigenvalue weighted by Crippen LogP contribution is 2.24. The van der Waals surface area contributed by atoms with E-state index in [-0.39, 0.29) is 17.7 Å². The second kappa shape index (κ2) is 10.6. The summed E-state index contributed by atoms with van der Waals surface area (Å²) in [5.41, 5.74) is 1.66. The molecule has 1 N–H and O–H groups in total. The summed E-state index contributed by atoms with van der Waals surface area (Å²) in [7, 11) is 0. The molecule has 2 aliphatic heterocycles. The summed E-state index contributed by atoms with van der Waals surface area (Å²) in [5.74, 6) is 1.24. The van der Waals surface area contributed by atoms with Crippen molar-refractivity contribution in [1.82, 2.24) is 15.1 Å². The van der Waals surface area contributed by atoms with Crippen LogP contribution in [0, 0.1) is 12.8 Å². The molecule has 0 saturated carbocycles. The molecule has 3 rings (SSSR count). The minimum Gasteiger partial charge on any atom is -0.444 e. The fourth-order valence-corrected chi connectivity index (χ4v) is 5.09. The lowest BCUT2D eigenvalue weighted by molar-refractivity contribution is -0.145. The normalized spacial score (nSPS) is 21.9. The molecule has 0 bridgehead atoms. The molecule has 176 valence electrons. The van der Waals surface area contributed by atoms with Gasteiger partial charge < -0.3 is 19.9 Å². The maximum absolute atomic E-state index is 13.4. The smallest absolute Gasteiger partial charge is 0.407 e. The maximum atomic E-state index is 13.4. The molecule has 2 saturated heterocycles. The molecule has 0 radical (unpaired) electrons. The molecule has 2 aliphatic rings. The first kappa shape index (κ1) is 24.4. The van der Waals surface area contributed by atoms with Crippen LogP contribution >= 0.6 is 11.8 Å². The zero-order valence-electron chi connectivity index (χ0n) is 19.6. The van der Waals surface area contributed by atoms with Crippen LogP contribution < -0.4 is 5.32 Å². The van der Waals surface area contributed by atoms with E-state index in [2.05, 4.69) is 5.32 Å². The predicted molar refractivity (Wildman–Crippen MR) is 126 cm³/mol. The van der Waals surface area contributed by atoms with Gasteiger partial charge in [-0.05, 0) is 52.0 Å². The van der Waals surface area contributed by atoms with Crippen LogP contribution in [0.25, 0.3) is 0 Å². The van der Waals surface area contributed by atoms with Crippen molar-refractivity contribution in [2.75, 3.05) is 31.1 Å². The number of rotatable bonds is 5. The number of carbonyl (C=O) groups excluding carboxylic acids is 3. The van der Waals surface area contributed by atoms with Crippen LogP contribution in [0.5, 0.6) is 0 Å². The summed E-state index contributed by atoms with van der Waals surface area (Å²) >= 11 is 1.53. The zero-order valence-corrected chi connectivity index (χ0v) is 20.4. The molecule has 3 amide bonds. The summed E-state index contributed by atoms with van der Waals surface area (Å²) < 4.78 is 5.31. The number of benzene rings is 1. The van der Waals surface area contributed by atoms with Gasteiger partial charge in [-0.25, -0.2) is 4.79 Å². The number of hydrogen-bond donors (Lipinski definition) is 1. The Morgan fingerprint density at radius 2 is 1.94 bits per heavy atom. The number of likely N-dealkylation sites (tertiary alicyclic amines) is 1. The molecule has 7 nitrogen and oxygen atoms in total. The second-order valence-electron chi connectivity index (χ2n) is 9.71. The van der Waals surface area contributed by atoms with Gasteiger partial charge in [-0.3, -0.25) is 9.59 Å². The Hall–Kier alpha value is -2.22. The third kappa shape index (κ3) is 6.89. The summed E-state index contributed by atoms with van der Waals surface area (Å²) in [4.78, 5) is 41.7. The van der Waals surface area contributed by atoms with Gasteiger partial charge in [0.2, 0.25) is 11.8 Å². The van der Waals surface area contributed by atoms with E-state index >= 15 is 0 Å². The van der Waals surface area contributed by atoms with Crippen molar-refractivity contribution in [2.45, 2.75) is 58.7 Å². The van der Waals surface area contributed by atoms with Crippen molar-refractivity contribution in [1.29, 1.82) is 0 Å². The number of alkyl carbamates (subject to hydrolysis) is 1. The minimum absolute atomic E-state index is 0.0135. The number of ether oxygens (including phenoxy) is 1. The number of hydrogen-bond acceptors (Lipinski definition) is 5. The summed E-state index contributed by atoms with van der Waals surface area (Å²) in [6, 6.07) is 7.65. The van der Waals surface area contributed by atoms with E-state index < -0.39 is 17.7 Å². The van der Waals surface area contributed by atoms with Crippen LogP contribution in [0.4, 0.5) is 4.79 Å². The summed E-state index contributed by atoms with van der Waals surface area (Å²) in [6.07, 6.45) is 1.41. The Morgan fingerprint density at radius 3 is 2.62 bits per heavy atom. The average Bonchev–Trinajstić information content (AvgIpc) is 2.74. The summed E-state index contributed by atoms with van der Waals surface area (Å²) in [5, 5.41) is 2.83. The van der Waals surface area contributed by atoms with Crippen molar-refractivity contribution in [3.63, 3.8) is 0 Å². The van der Waals surface area contributed by atoms with Gasteiger partial charge in [0.1, 0.15) is 11.6 Å². The number of nitrogens with one attached hydrogen (secondary N) is 1. The lowest BCUT2D eigenvalue weighted by atomic mass is 9.97. The Morgan fingerprint density at radius 1 is 1.22 bits per heavy atom. The highest BCUT2D eigenvalue weighted by Gasteiger charge is 2.37. The molecule has 32 heavy (non-hydrogen) atoms. The third-order valence-corrected chi connectivity index (χ3v) is 6.72. The molecule has 1 aromatic carbocycles. The van der Waals surface area contributed by atoms with Gasteiger partial charge in [-0.2, -0.15) is 0 Å². The first-order chi connectivity index (χ1) is 15.1. The molecule has 2 heterocycles. The number of aryl methyl sites for hydroxylation is 1. The monoisotopic (exact) mass is 461 g/mol. The lowest BCUT2D eigenvalue weighted by Crippen LogP contribution is -2.56. The van der Waals surface area contributed by atoms with Crippen LogP contribution in [0.1, 0.15) is 44.7 Å². The van der Waals surface area contributed by atoms with Crippen LogP contribution in [0.15, 0.2) is 24.3 Å². The Bertz CT molecular complexity index is 822. The van der Waals surface area contributed by atoms with Gasteiger partial charge in [0.05, 0.1) is 5.75 Å². The lowest BCUT2D eigenvalue weighted by Gasteiger charge is -2.40. The van der Waals surface area contributed by atoms with Crippen LogP contribution in [-0.4, -0.2) is 70.5 Å². The van der Waals surface area contributed by atoms with Crippen molar-refractivity contribution in [2.24, 2.45) is 5.92 Å². The van der Waals surface area contributed by atoms with Gasteiger partial charge in [0, 0.05) is 31.9 Å². The van der Waals surface area contributed by atoms with Crippen LogP contribution in [-0.2, 0) is 20.9 Å². The third-order valence-electron chi connectivity index (χ3n) is 5.72. The van der Waals surface area contributed by atoms with E-state index in [4.69, 9.17) is 4.74 Å². The first-order valence-corrected chi connectivity index (χ1v) is 12.5. The van der Waals surface area contributed by atoms with E-state index in [9.17, 15) is 14.4 Å². The quantitative estimate of drug-likeness (QED) is 0.729. The largest absolute Gasteiger partial charge is 0.444 e. The predicted octanol–water partition coefficient (Wildman–Crippen LogP) is 3.20. The van der Waals surface area contributed by atoms with Crippen molar-refractivity contribution in [3.8, 4) is 0 Å². The Kier molecular flexibility index (Phi) is 8.09. The maximum Gasteiger partial charge on any atom is 0.407 e. The first-order valence-electron chi connectivity index (χ1n) is 11.3. The number of piperidine rings is 1. The minimum atomic E-state index is -0.537. The molecule has 8 heteroatoms. The van der Waals surface area contributed by atoms with E-state index in [0.717, 1.165) is 18.4 Å². The molecule has 2 fully saturated rings. The van der Waals surface area contributed by atoms with Crippen molar-refractivity contribution >= 4 is 29.7 Å². The molecule has 0 aliphatic carbocycles. The molecular weight excluding hydrogens is 426 g/mol. The van der Waals surface area contributed by atoms with Crippen LogP contribution in [0.2, 0.25) is 0 Å². The van der Waals surface area contributed by atoms with Crippen molar-refractivity contribution < 1.29 is 19.1 Å². The number of amides is 3. The fourth-order valence-electron chi connectivity index (χ4n) is 4.08. The molecule has 0 aromatic heterocycles. The topological polar surface area (TPSA) is 79.0 Å². The fraction of sp³-hybridized carbons (Fsp3) is 0.625. The number of nitrogens with zero attached hydrogens (tertiary/aromatic N) is 2. The van der Waals surface area contributed by atoms with Gasteiger partial charge in [-0.1, -0.05) is 29.8 Å². The highest BCUT2D eigenvalue weighted by molar-refractivity contribution is 8.00. The van der Waals surface area contributed by atoms with Gasteiger partial charge in [0.15, 0.2) is 0 Å². The Balaban J connectivity index is 1.60. The molecule has 1 aromatic rings. The molecular formula is C24H35N3O4S. The van der Waals surface area contributed by atoms with E-state index in [1.807, 2.05) is 56.9 Å². The van der Waals surface area contributed by atoms with Gasteiger partial charge in [-0.15, -0.1) is 11.8 Å². The highest BCUT2D eigenvalue weighted by atomic mass is 32.2. The Labute approximate surface area is 195 Å². The average molecular weight is 462 g/mol. The van der Waals surface area contributed by atoms with Crippen LogP contribution in [0.3, 0.4) is 0 Å². The summed E-state index contributed by atoms with van der Waals surface area (Å²) in [6.45, 7) is 9.73. The number of thioether (sulfide) groups is 1. The zero-order chi connectivity index (χ0) is 23.3. The molecule has 2 atom stereocenters. The van der Waals surface area contributed by atoms with Gasteiger partial charge >= 0.3 is 6.09 Å². The van der Waals surface area contributed by atoms with E-state index in [1.165, 1.54) is 17.3 Å². The van der Waals surface area contributed by atoms with Gasteiger partial charge in [0.25, 0.3) is 0 Å². The SMILES string of the molecule is Cc1ccc(CN2C(=O)CSC[C@H]2C(=O)N2CCC[C@H](CNC(=O)OC(C)(C)C)C2)cc1. The van der Waals surface area contributed by atoms with Crippen molar-refractivity contribution in [3.05, 3.63) is 35.4 Å².